The van der Waals surface area contributed by atoms with Crippen LogP contribution in [0.4, 0.5) is 25.2 Å². The Morgan fingerprint density at radius 1 is 0.529 bits per heavy atom. The van der Waals surface area contributed by atoms with E-state index in [0.29, 0.717) is 0 Å². The first-order valence-electron chi connectivity index (χ1n) is 15.8. The van der Waals surface area contributed by atoms with Crippen LogP contribution < -0.4 is 0 Å². The Morgan fingerprint density at radius 2 is 0.922 bits per heavy atom. The molecule has 8 nitrogen and oxygen atoms in total. The molecule has 0 N–H and O–H groups in total. The first kappa shape index (κ1) is 40.9. The molecule has 0 saturated heterocycles. The molecule has 6 aromatic rings. The minimum Gasteiger partial charge on any atom is -0.255 e. The topological polar surface area (TPSA) is 95.2 Å². The molecule has 16 heteroatoms. The van der Waals surface area contributed by atoms with Crippen molar-refractivity contribution < 1.29 is 44.7 Å². The van der Waals surface area contributed by atoms with E-state index in [1.165, 1.54) is 32.1 Å². The van der Waals surface area contributed by atoms with E-state index in [4.69, 9.17) is 4.98 Å². The maximum Gasteiger partial charge on any atom is 2.00 e. The molecule has 0 amide bonds. The predicted octanol–water partition coefficient (Wildman–Crippen LogP) is 11.1. The van der Waals surface area contributed by atoms with Crippen LogP contribution in [0.15, 0.2) is 110 Å². The van der Waals surface area contributed by atoms with Crippen molar-refractivity contribution in [3.05, 3.63) is 116 Å². The minimum absolute atomic E-state index is 0. The molecule has 270 valence electrons. The number of rotatable bonds is 11. The van der Waals surface area contributed by atoms with Gasteiger partial charge in [0.15, 0.2) is 0 Å². The van der Waals surface area contributed by atoms with Crippen molar-refractivity contribution in [1.29, 1.82) is 0 Å². The normalized spacial score (nSPS) is 12.1. The largest absolute Gasteiger partial charge is 2.00 e. The average Bonchev–Trinajstić information content (AvgIpc) is 3.59. The average molecular weight is 814 g/mol. The molecule has 0 saturated carbocycles. The van der Waals surface area contributed by atoms with Crippen molar-refractivity contribution in [2.45, 2.75) is 52.0 Å². The minimum atomic E-state index is -10.7. The smallest absolute Gasteiger partial charge is 0.255 e. The number of hydrogen-bond acceptors (Lipinski definition) is 7. The van der Waals surface area contributed by atoms with Gasteiger partial charge in [-0.3, -0.25) is 19.6 Å². The number of aromatic nitrogens is 8. The molecule has 0 aliphatic rings. The first-order valence-corrected chi connectivity index (χ1v) is 17.9. The van der Waals surface area contributed by atoms with Gasteiger partial charge in [-0.15, -0.1) is 6.07 Å². The summed E-state index contributed by atoms with van der Waals surface area (Å²) in [7, 11) is -10.7. The molecule has 6 aromatic heterocycles. The standard InChI is InChI=1S/C20H24N5.C15H11N3.F6P.Ru/c1-2-3-4-5-6-9-15-25-20(16-22-24-25)19-13-10-12-18(23-19)17-11-7-8-14-21-17;1-3-10-16-12(6-1)14-8-5-9-15(18-14)13-7-2-4-11-17-13;1-7(2,3,4,5)6;/h7-8,10-14H,2-6,9,15H2,1H3;1-11H;;/q-1;;-1;+2. The third-order valence-corrected chi connectivity index (χ3v) is 6.81. The summed E-state index contributed by atoms with van der Waals surface area (Å²) in [6.45, 7) is 3.09. The Labute approximate surface area is 304 Å². The third kappa shape index (κ3) is 16.0. The van der Waals surface area contributed by atoms with Gasteiger partial charge in [-0.05, 0) is 61.0 Å². The van der Waals surface area contributed by atoms with Crippen molar-refractivity contribution in [2.24, 2.45) is 0 Å². The van der Waals surface area contributed by atoms with Crippen LogP contribution in [0.3, 0.4) is 0 Å². The van der Waals surface area contributed by atoms with Gasteiger partial charge in [-0.25, -0.2) is 10.1 Å². The second kappa shape index (κ2) is 18.1. The zero-order valence-corrected chi connectivity index (χ0v) is 30.1. The molecule has 6 rings (SSSR count). The van der Waals surface area contributed by atoms with Crippen molar-refractivity contribution in [1.82, 2.24) is 39.9 Å². The molecule has 6 heterocycles. The molecular weight excluding hydrogens is 778 g/mol. The van der Waals surface area contributed by atoms with Gasteiger partial charge in [0.1, 0.15) is 0 Å². The summed E-state index contributed by atoms with van der Waals surface area (Å²) >= 11 is 0. The van der Waals surface area contributed by atoms with Crippen LogP contribution in [0.5, 0.6) is 0 Å². The van der Waals surface area contributed by atoms with Gasteiger partial charge >= 0.3 is 52.5 Å². The van der Waals surface area contributed by atoms with E-state index in [2.05, 4.69) is 43.4 Å². The van der Waals surface area contributed by atoms with Crippen LogP contribution in [0.2, 0.25) is 0 Å². The van der Waals surface area contributed by atoms with E-state index < -0.39 is 7.81 Å². The third-order valence-electron chi connectivity index (χ3n) is 6.81. The summed E-state index contributed by atoms with van der Waals surface area (Å²) in [4.78, 5) is 22.3. The fraction of sp³-hybridized carbons (Fsp3) is 0.229. The molecule has 0 bridgehead atoms. The number of pyridine rings is 5. The van der Waals surface area contributed by atoms with Gasteiger partial charge in [0.05, 0.1) is 34.2 Å². The molecule has 0 aromatic carbocycles. The van der Waals surface area contributed by atoms with Crippen molar-refractivity contribution in [2.75, 3.05) is 0 Å². The van der Waals surface area contributed by atoms with Crippen LogP contribution in [-0.2, 0) is 26.0 Å². The summed E-state index contributed by atoms with van der Waals surface area (Å²) in [6, 6.07) is 29.2. The number of unbranched alkanes of at least 4 members (excludes halogenated alkanes) is 5. The Morgan fingerprint density at radius 3 is 1.35 bits per heavy atom. The summed E-state index contributed by atoms with van der Waals surface area (Å²) in [6.07, 6.45) is 15.8. The van der Waals surface area contributed by atoms with Crippen LogP contribution in [-0.4, -0.2) is 39.9 Å². The zero-order chi connectivity index (χ0) is 35.9. The Bertz CT molecular complexity index is 1840. The van der Waals surface area contributed by atoms with E-state index in [1.54, 1.807) is 18.6 Å². The molecule has 0 aliphatic heterocycles. The van der Waals surface area contributed by atoms with Gasteiger partial charge in [0, 0.05) is 25.1 Å². The zero-order valence-electron chi connectivity index (χ0n) is 27.5. The van der Waals surface area contributed by atoms with E-state index in [0.717, 1.165) is 58.5 Å². The van der Waals surface area contributed by atoms with E-state index in [-0.39, 0.29) is 19.5 Å². The second-order valence-electron chi connectivity index (χ2n) is 11.0. The monoisotopic (exact) mass is 814 g/mol. The molecule has 51 heavy (non-hydrogen) atoms. The van der Waals surface area contributed by atoms with Crippen LogP contribution >= 0.6 is 7.81 Å². The number of aryl methyl sites for hydroxylation is 1. The fourth-order valence-corrected chi connectivity index (χ4v) is 4.59. The molecule has 0 spiro atoms. The Balaban J connectivity index is 0.000000236. The van der Waals surface area contributed by atoms with Crippen molar-refractivity contribution >= 4 is 7.81 Å². The summed E-state index contributed by atoms with van der Waals surface area (Å²) in [5.74, 6) is 0. The van der Waals surface area contributed by atoms with E-state index in [9.17, 15) is 25.2 Å². The fourth-order valence-electron chi connectivity index (χ4n) is 4.59. The van der Waals surface area contributed by atoms with Crippen LogP contribution in [0.25, 0.3) is 45.6 Å². The summed E-state index contributed by atoms with van der Waals surface area (Å²) in [5.41, 5.74) is 6.84. The quantitative estimate of drug-likeness (QED) is 0.0423. The number of halogens is 6. The van der Waals surface area contributed by atoms with Crippen molar-refractivity contribution in [3.8, 4) is 45.6 Å². The van der Waals surface area contributed by atoms with Crippen LogP contribution in [0, 0.1) is 6.20 Å². The van der Waals surface area contributed by atoms with Gasteiger partial charge in [0.25, 0.3) is 0 Å². The van der Waals surface area contributed by atoms with Crippen molar-refractivity contribution in [3.63, 3.8) is 0 Å². The van der Waals surface area contributed by atoms with Gasteiger partial charge in [-0.1, -0.05) is 92.2 Å². The van der Waals surface area contributed by atoms with Gasteiger partial charge < -0.3 is 4.98 Å². The second-order valence-corrected chi connectivity index (χ2v) is 12.9. The predicted molar refractivity (Wildman–Crippen MR) is 183 cm³/mol. The Kier molecular flexibility index (Phi) is 14.6. The SMILES string of the molecule is CCCCCCCCn1nn[c-]c1-c1cccc(-c2ccccn2)n1.F[P-](F)(F)(F)(F)F.[Ru+2].c1ccc(-c2cccc(-c3ccccn3)n2)nc1. The molecule has 0 fully saturated rings. The molecule has 0 atom stereocenters. The first-order chi connectivity index (χ1) is 23.8. The molecular formula is C35H35F6N8PRu. The number of nitrogens with zero attached hydrogens (tertiary/aromatic N) is 8. The molecule has 0 aliphatic carbocycles. The van der Waals surface area contributed by atoms with E-state index in [1.807, 2.05) is 95.7 Å². The summed E-state index contributed by atoms with van der Waals surface area (Å²) in [5, 5.41) is 8.15. The number of hydrogen-bond donors (Lipinski definition) is 0. The van der Waals surface area contributed by atoms with E-state index >= 15 is 0 Å². The molecule has 0 unspecified atom stereocenters. The van der Waals surface area contributed by atoms with Crippen LogP contribution in [0.1, 0.15) is 45.4 Å². The molecule has 0 radical (unpaired) electrons. The van der Waals surface area contributed by atoms with Gasteiger partial charge in [0.2, 0.25) is 0 Å². The summed E-state index contributed by atoms with van der Waals surface area (Å²) < 4.78 is 61.1. The van der Waals surface area contributed by atoms with Gasteiger partial charge in [-0.2, -0.15) is 0 Å². The maximum absolute atomic E-state index is 10.7. The maximum atomic E-state index is 9.87. The Hall–Kier alpha value is -4.48.